The van der Waals surface area contributed by atoms with Gasteiger partial charge in [0.25, 0.3) is 5.91 Å². The summed E-state index contributed by atoms with van der Waals surface area (Å²) in [6, 6.07) is 12.2. The molecule has 138 valence electrons. The maximum atomic E-state index is 12.0. The van der Waals surface area contributed by atoms with E-state index in [1.807, 2.05) is 20.8 Å². The van der Waals surface area contributed by atoms with Crippen LogP contribution in [-0.2, 0) is 9.59 Å². The number of halogens is 1. The van der Waals surface area contributed by atoms with Gasteiger partial charge in [0.15, 0.2) is 6.61 Å². The summed E-state index contributed by atoms with van der Waals surface area (Å²) in [5.41, 5.74) is 2.22. The van der Waals surface area contributed by atoms with Gasteiger partial charge in [-0.05, 0) is 60.9 Å². The molecule has 2 rings (SSSR count). The maximum Gasteiger partial charge on any atom is 0.262 e. The van der Waals surface area contributed by atoms with Crippen molar-refractivity contribution in [3.63, 3.8) is 0 Å². The second-order valence-electron chi connectivity index (χ2n) is 6.47. The lowest BCUT2D eigenvalue weighted by molar-refractivity contribution is -0.118. The van der Waals surface area contributed by atoms with Crippen molar-refractivity contribution in [1.82, 2.24) is 0 Å². The summed E-state index contributed by atoms with van der Waals surface area (Å²) in [6.45, 7) is 5.75. The first-order valence-corrected chi connectivity index (χ1v) is 8.80. The molecule has 2 amide bonds. The van der Waals surface area contributed by atoms with E-state index in [4.69, 9.17) is 16.3 Å². The molecule has 0 radical (unpaired) electrons. The Morgan fingerprint density at radius 3 is 2.12 bits per heavy atom. The van der Waals surface area contributed by atoms with Gasteiger partial charge in [0.2, 0.25) is 5.91 Å². The Hall–Kier alpha value is -2.53. The molecule has 26 heavy (non-hydrogen) atoms. The van der Waals surface area contributed by atoms with E-state index in [0.29, 0.717) is 34.5 Å². The number of carbonyl (C=O) groups excluding carboxylic acids is 2. The van der Waals surface area contributed by atoms with E-state index in [0.717, 1.165) is 5.56 Å². The third-order valence-electron chi connectivity index (χ3n) is 3.55. The van der Waals surface area contributed by atoms with Crippen molar-refractivity contribution in [3.05, 3.63) is 53.1 Å². The standard InChI is InChI=1S/C20H23ClN2O3/c1-13(2)10-19(24)22-15-4-6-16(7-5-15)23-20(25)12-26-17-8-9-18(21)14(3)11-17/h4-9,11,13H,10,12H2,1-3H3,(H,22,24)(H,23,25). The first-order valence-electron chi connectivity index (χ1n) is 8.42. The molecule has 2 aromatic rings. The second kappa shape index (κ2) is 9.25. The van der Waals surface area contributed by atoms with Crippen LogP contribution in [0.25, 0.3) is 0 Å². The molecule has 0 saturated heterocycles. The Kier molecular flexibility index (Phi) is 7.04. The van der Waals surface area contributed by atoms with Crippen LogP contribution in [0.15, 0.2) is 42.5 Å². The predicted octanol–water partition coefficient (Wildman–Crippen LogP) is 4.65. The van der Waals surface area contributed by atoms with Gasteiger partial charge < -0.3 is 15.4 Å². The van der Waals surface area contributed by atoms with Crippen LogP contribution in [0.2, 0.25) is 5.02 Å². The number of anilines is 2. The molecule has 0 aliphatic carbocycles. The number of benzene rings is 2. The molecule has 0 heterocycles. The lowest BCUT2D eigenvalue weighted by Gasteiger charge is -2.10. The lowest BCUT2D eigenvalue weighted by atomic mass is 10.1. The monoisotopic (exact) mass is 374 g/mol. The van der Waals surface area contributed by atoms with Crippen molar-refractivity contribution in [3.8, 4) is 5.75 Å². The Labute approximate surface area is 158 Å². The molecule has 6 heteroatoms. The maximum absolute atomic E-state index is 12.0. The van der Waals surface area contributed by atoms with Crippen molar-refractivity contribution in [2.24, 2.45) is 5.92 Å². The zero-order valence-corrected chi connectivity index (χ0v) is 15.9. The summed E-state index contributed by atoms with van der Waals surface area (Å²) in [5.74, 6) is 0.598. The first kappa shape index (κ1) is 19.8. The molecule has 2 aromatic carbocycles. The molecule has 0 spiro atoms. The van der Waals surface area contributed by atoms with Crippen molar-refractivity contribution >= 4 is 34.8 Å². The zero-order chi connectivity index (χ0) is 19.1. The number of hydrogen-bond acceptors (Lipinski definition) is 3. The van der Waals surface area contributed by atoms with Crippen LogP contribution in [0.4, 0.5) is 11.4 Å². The number of nitrogens with one attached hydrogen (secondary N) is 2. The lowest BCUT2D eigenvalue weighted by Crippen LogP contribution is -2.20. The van der Waals surface area contributed by atoms with Crippen LogP contribution >= 0.6 is 11.6 Å². The van der Waals surface area contributed by atoms with Crippen LogP contribution in [0.5, 0.6) is 5.75 Å². The fraction of sp³-hybridized carbons (Fsp3) is 0.300. The molecular weight excluding hydrogens is 352 g/mol. The van der Waals surface area contributed by atoms with Gasteiger partial charge in [0.1, 0.15) is 5.75 Å². The number of hydrogen-bond donors (Lipinski definition) is 2. The van der Waals surface area contributed by atoms with Crippen LogP contribution in [0.1, 0.15) is 25.8 Å². The van der Waals surface area contributed by atoms with Crippen molar-refractivity contribution in [1.29, 1.82) is 0 Å². The van der Waals surface area contributed by atoms with E-state index in [2.05, 4.69) is 10.6 Å². The summed E-state index contributed by atoms with van der Waals surface area (Å²) in [6.07, 6.45) is 0.472. The molecule has 0 fully saturated rings. The molecule has 0 aromatic heterocycles. The molecule has 0 bridgehead atoms. The summed E-state index contributed by atoms with van der Waals surface area (Å²) >= 11 is 5.96. The normalized spacial score (nSPS) is 10.5. The van der Waals surface area contributed by atoms with E-state index in [-0.39, 0.29) is 18.4 Å². The molecule has 5 nitrogen and oxygen atoms in total. The van der Waals surface area contributed by atoms with Gasteiger partial charge in [0, 0.05) is 22.8 Å². The Morgan fingerprint density at radius 1 is 1.00 bits per heavy atom. The number of ether oxygens (including phenoxy) is 1. The molecule has 0 aliphatic heterocycles. The van der Waals surface area contributed by atoms with Gasteiger partial charge in [-0.25, -0.2) is 0 Å². The minimum absolute atomic E-state index is 0.0246. The van der Waals surface area contributed by atoms with Crippen LogP contribution in [-0.4, -0.2) is 18.4 Å². The summed E-state index contributed by atoms with van der Waals surface area (Å²) < 4.78 is 5.46. The Bertz CT molecular complexity index is 773. The number of carbonyl (C=O) groups is 2. The molecule has 0 atom stereocenters. The summed E-state index contributed by atoms with van der Waals surface area (Å²) in [4.78, 5) is 23.7. The average molecular weight is 375 g/mol. The molecule has 0 saturated carbocycles. The van der Waals surface area contributed by atoms with Gasteiger partial charge in [-0.15, -0.1) is 0 Å². The van der Waals surface area contributed by atoms with Crippen LogP contribution in [0, 0.1) is 12.8 Å². The third kappa shape index (κ3) is 6.41. The van der Waals surface area contributed by atoms with E-state index in [1.54, 1.807) is 42.5 Å². The van der Waals surface area contributed by atoms with Crippen LogP contribution < -0.4 is 15.4 Å². The number of rotatable bonds is 7. The van der Waals surface area contributed by atoms with Gasteiger partial charge in [-0.2, -0.15) is 0 Å². The predicted molar refractivity (Wildman–Crippen MR) is 105 cm³/mol. The minimum atomic E-state index is -0.269. The highest BCUT2D eigenvalue weighted by molar-refractivity contribution is 6.31. The molecule has 2 N–H and O–H groups in total. The Morgan fingerprint density at radius 2 is 1.58 bits per heavy atom. The van der Waals surface area contributed by atoms with Gasteiger partial charge in [0.05, 0.1) is 0 Å². The summed E-state index contributed by atoms with van der Waals surface area (Å²) in [7, 11) is 0. The average Bonchev–Trinajstić information content (AvgIpc) is 2.57. The highest BCUT2D eigenvalue weighted by Gasteiger charge is 2.07. The third-order valence-corrected chi connectivity index (χ3v) is 3.97. The number of amides is 2. The minimum Gasteiger partial charge on any atom is -0.484 e. The van der Waals surface area contributed by atoms with Gasteiger partial charge in [-0.1, -0.05) is 25.4 Å². The first-order chi connectivity index (χ1) is 12.3. The van der Waals surface area contributed by atoms with Gasteiger partial charge in [-0.3, -0.25) is 9.59 Å². The van der Waals surface area contributed by atoms with Crippen molar-refractivity contribution in [2.75, 3.05) is 17.2 Å². The van der Waals surface area contributed by atoms with Crippen molar-refractivity contribution < 1.29 is 14.3 Å². The summed E-state index contributed by atoms with van der Waals surface area (Å²) in [5, 5.41) is 6.23. The number of aryl methyl sites for hydroxylation is 1. The largest absolute Gasteiger partial charge is 0.484 e. The van der Waals surface area contributed by atoms with E-state index in [1.165, 1.54) is 0 Å². The van der Waals surface area contributed by atoms with E-state index < -0.39 is 0 Å². The highest BCUT2D eigenvalue weighted by Crippen LogP contribution is 2.21. The SMILES string of the molecule is Cc1cc(OCC(=O)Nc2ccc(NC(=O)CC(C)C)cc2)ccc1Cl. The topological polar surface area (TPSA) is 67.4 Å². The van der Waals surface area contributed by atoms with E-state index in [9.17, 15) is 9.59 Å². The van der Waals surface area contributed by atoms with Crippen molar-refractivity contribution in [2.45, 2.75) is 27.2 Å². The fourth-order valence-electron chi connectivity index (χ4n) is 2.27. The van der Waals surface area contributed by atoms with Crippen LogP contribution in [0.3, 0.4) is 0 Å². The smallest absolute Gasteiger partial charge is 0.262 e. The second-order valence-corrected chi connectivity index (χ2v) is 6.88. The Balaban J connectivity index is 1.83. The molecule has 0 aliphatic rings. The molecular formula is C20H23ClN2O3. The zero-order valence-electron chi connectivity index (χ0n) is 15.1. The quantitative estimate of drug-likeness (QED) is 0.741. The van der Waals surface area contributed by atoms with Gasteiger partial charge >= 0.3 is 0 Å². The van der Waals surface area contributed by atoms with E-state index >= 15 is 0 Å². The highest BCUT2D eigenvalue weighted by atomic mass is 35.5. The fourth-order valence-corrected chi connectivity index (χ4v) is 2.39. The molecule has 0 unspecified atom stereocenters.